The summed E-state index contributed by atoms with van der Waals surface area (Å²) >= 11 is 0. The van der Waals surface area contributed by atoms with Crippen LogP contribution in [-0.4, -0.2) is 40.2 Å². The van der Waals surface area contributed by atoms with Crippen molar-refractivity contribution >= 4 is 12.2 Å². The van der Waals surface area contributed by atoms with Crippen LogP contribution < -0.4 is 28.4 Å². The van der Waals surface area contributed by atoms with Crippen LogP contribution in [0.2, 0.25) is 0 Å². The third-order valence-electron chi connectivity index (χ3n) is 4.43. The summed E-state index contributed by atoms with van der Waals surface area (Å²) in [6, 6.07) is 12.9. The van der Waals surface area contributed by atoms with Crippen LogP contribution in [0.5, 0.6) is 34.5 Å². The first-order chi connectivity index (χ1) is 15.2. The van der Waals surface area contributed by atoms with Gasteiger partial charge >= 0.3 is 0 Å². The molecular formula is C24H25NO6. The number of benzene rings is 2. The van der Waals surface area contributed by atoms with Crippen LogP contribution in [0.1, 0.15) is 11.1 Å². The van der Waals surface area contributed by atoms with Crippen molar-refractivity contribution < 1.29 is 28.4 Å². The summed E-state index contributed by atoms with van der Waals surface area (Å²) in [6.45, 7) is 0.0421. The molecule has 1 heterocycles. The van der Waals surface area contributed by atoms with Gasteiger partial charge in [-0.25, -0.2) is 0 Å². The van der Waals surface area contributed by atoms with Gasteiger partial charge in [0.1, 0.15) is 5.75 Å². The van der Waals surface area contributed by atoms with Crippen LogP contribution in [0.3, 0.4) is 0 Å². The minimum atomic E-state index is 0.0421. The second kappa shape index (κ2) is 10.8. The van der Waals surface area contributed by atoms with Crippen LogP contribution in [0.15, 0.2) is 54.9 Å². The fourth-order valence-electron chi connectivity index (χ4n) is 2.90. The summed E-state index contributed by atoms with van der Waals surface area (Å²) in [7, 11) is 6.35. The number of methoxy groups -OCH3 is 4. The van der Waals surface area contributed by atoms with E-state index in [1.807, 2.05) is 42.5 Å². The summed E-state index contributed by atoms with van der Waals surface area (Å²) in [5, 5.41) is 0. The van der Waals surface area contributed by atoms with E-state index < -0.39 is 0 Å². The van der Waals surface area contributed by atoms with Gasteiger partial charge in [0, 0.05) is 12.4 Å². The van der Waals surface area contributed by atoms with E-state index in [4.69, 9.17) is 28.4 Å². The molecule has 7 nitrogen and oxygen atoms in total. The molecule has 31 heavy (non-hydrogen) atoms. The molecule has 7 heteroatoms. The number of rotatable bonds is 10. The van der Waals surface area contributed by atoms with Gasteiger partial charge in [-0.05, 0) is 47.5 Å². The molecule has 0 bridgehead atoms. The zero-order valence-corrected chi connectivity index (χ0v) is 18.0. The molecule has 0 aliphatic heterocycles. The minimum absolute atomic E-state index is 0.0421. The fraction of sp³-hybridized carbons (Fsp3) is 0.208. The number of pyridine rings is 1. The Balaban J connectivity index is 1.77. The average molecular weight is 423 g/mol. The predicted octanol–water partition coefficient (Wildman–Crippen LogP) is 4.70. The van der Waals surface area contributed by atoms with E-state index in [0.29, 0.717) is 34.5 Å². The average Bonchev–Trinajstić information content (AvgIpc) is 2.82. The zero-order valence-electron chi connectivity index (χ0n) is 18.0. The highest BCUT2D eigenvalue weighted by molar-refractivity contribution is 5.73. The number of nitrogens with zero attached hydrogens (tertiary/aromatic N) is 1. The molecule has 0 aliphatic carbocycles. The molecule has 0 amide bonds. The monoisotopic (exact) mass is 423 g/mol. The Morgan fingerprint density at radius 3 is 1.87 bits per heavy atom. The van der Waals surface area contributed by atoms with Crippen LogP contribution in [0.4, 0.5) is 0 Å². The Morgan fingerprint density at radius 1 is 0.645 bits per heavy atom. The SMILES string of the molecule is COc1ccc(C=Cc2cc(OC)c(OC)c(OC)c2)cc1OCOc1ccncc1. The second-order valence-electron chi connectivity index (χ2n) is 6.29. The van der Waals surface area contributed by atoms with E-state index >= 15 is 0 Å². The van der Waals surface area contributed by atoms with Crippen molar-refractivity contribution in [2.45, 2.75) is 0 Å². The second-order valence-corrected chi connectivity index (χ2v) is 6.29. The molecule has 0 saturated carbocycles. The maximum absolute atomic E-state index is 5.77. The van der Waals surface area contributed by atoms with Crippen molar-refractivity contribution in [2.75, 3.05) is 35.2 Å². The van der Waals surface area contributed by atoms with Gasteiger partial charge in [0.2, 0.25) is 12.5 Å². The quantitative estimate of drug-likeness (QED) is 0.346. The zero-order chi connectivity index (χ0) is 22.1. The van der Waals surface area contributed by atoms with Crippen LogP contribution in [0.25, 0.3) is 12.2 Å². The van der Waals surface area contributed by atoms with Gasteiger partial charge in [-0.1, -0.05) is 18.2 Å². The first-order valence-corrected chi connectivity index (χ1v) is 9.50. The molecule has 0 radical (unpaired) electrons. The molecule has 0 atom stereocenters. The van der Waals surface area contributed by atoms with Crippen LogP contribution in [-0.2, 0) is 0 Å². The molecule has 0 fully saturated rings. The molecule has 2 aromatic carbocycles. The van der Waals surface area contributed by atoms with Crippen molar-refractivity contribution in [2.24, 2.45) is 0 Å². The molecule has 0 aliphatic rings. The van der Waals surface area contributed by atoms with E-state index in [1.165, 1.54) is 0 Å². The maximum atomic E-state index is 5.77. The van der Waals surface area contributed by atoms with Gasteiger partial charge in [0.25, 0.3) is 0 Å². The number of aromatic nitrogens is 1. The number of hydrogen-bond acceptors (Lipinski definition) is 7. The van der Waals surface area contributed by atoms with E-state index in [9.17, 15) is 0 Å². The van der Waals surface area contributed by atoms with Gasteiger partial charge in [0.05, 0.1) is 28.4 Å². The predicted molar refractivity (Wildman–Crippen MR) is 118 cm³/mol. The molecule has 0 unspecified atom stereocenters. The standard InChI is InChI=1S/C24H25NO6/c1-26-20-8-7-17(13-21(20)31-16-30-19-9-11-25-12-10-19)5-6-18-14-22(27-2)24(29-4)23(15-18)28-3/h5-15H,16H2,1-4H3. The van der Waals surface area contributed by atoms with E-state index in [0.717, 1.165) is 11.1 Å². The Labute approximate surface area is 181 Å². The van der Waals surface area contributed by atoms with Gasteiger partial charge < -0.3 is 28.4 Å². The van der Waals surface area contributed by atoms with Crippen molar-refractivity contribution in [3.63, 3.8) is 0 Å². The van der Waals surface area contributed by atoms with Crippen molar-refractivity contribution in [1.29, 1.82) is 0 Å². The Bertz CT molecular complexity index is 995. The lowest BCUT2D eigenvalue weighted by Crippen LogP contribution is -2.06. The van der Waals surface area contributed by atoms with Gasteiger partial charge in [0.15, 0.2) is 23.0 Å². The summed E-state index contributed by atoms with van der Waals surface area (Å²) in [5.74, 6) is 3.60. The first kappa shape index (κ1) is 21.8. The lowest BCUT2D eigenvalue weighted by atomic mass is 10.1. The Morgan fingerprint density at radius 2 is 1.26 bits per heavy atom. The van der Waals surface area contributed by atoms with E-state index in [-0.39, 0.29) is 6.79 Å². The minimum Gasteiger partial charge on any atom is -0.493 e. The highest BCUT2D eigenvalue weighted by atomic mass is 16.7. The number of hydrogen-bond donors (Lipinski definition) is 0. The smallest absolute Gasteiger partial charge is 0.231 e. The third kappa shape index (κ3) is 5.60. The molecule has 0 N–H and O–H groups in total. The lowest BCUT2D eigenvalue weighted by Gasteiger charge is -2.13. The number of ether oxygens (including phenoxy) is 6. The van der Waals surface area contributed by atoms with Crippen LogP contribution >= 0.6 is 0 Å². The summed E-state index contributed by atoms with van der Waals surface area (Å²) in [5.41, 5.74) is 1.82. The Hall–Kier alpha value is -3.87. The molecule has 3 aromatic rings. The largest absolute Gasteiger partial charge is 0.493 e. The van der Waals surface area contributed by atoms with Crippen LogP contribution in [0, 0.1) is 0 Å². The topological polar surface area (TPSA) is 68.3 Å². The van der Waals surface area contributed by atoms with E-state index in [1.54, 1.807) is 53.0 Å². The molecule has 3 rings (SSSR count). The van der Waals surface area contributed by atoms with Gasteiger partial charge in [-0.2, -0.15) is 0 Å². The summed E-state index contributed by atoms with van der Waals surface area (Å²) in [6.07, 6.45) is 7.22. The van der Waals surface area contributed by atoms with Gasteiger partial charge in [-0.15, -0.1) is 0 Å². The normalized spacial score (nSPS) is 10.6. The van der Waals surface area contributed by atoms with Crippen molar-refractivity contribution in [3.05, 3.63) is 66.0 Å². The highest BCUT2D eigenvalue weighted by Gasteiger charge is 2.12. The van der Waals surface area contributed by atoms with Crippen molar-refractivity contribution in [3.8, 4) is 34.5 Å². The molecule has 0 saturated heterocycles. The van der Waals surface area contributed by atoms with Gasteiger partial charge in [-0.3, -0.25) is 4.98 Å². The van der Waals surface area contributed by atoms with E-state index in [2.05, 4.69) is 4.98 Å². The summed E-state index contributed by atoms with van der Waals surface area (Å²) < 4.78 is 32.9. The molecule has 1 aromatic heterocycles. The molecular weight excluding hydrogens is 398 g/mol. The fourth-order valence-corrected chi connectivity index (χ4v) is 2.90. The maximum Gasteiger partial charge on any atom is 0.231 e. The lowest BCUT2D eigenvalue weighted by molar-refractivity contribution is 0.116. The Kier molecular flexibility index (Phi) is 7.59. The molecule has 162 valence electrons. The first-order valence-electron chi connectivity index (χ1n) is 9.50. The third-order valence-corrected chi connectivity index (χ3v) is 4.43. The van der Waals surface area contributed by atoms with Crippen molar-refractivity contribution in [1.82, 2.24) is 4.98 Å². The highest BCUT2D eigenvalue weighted by Crippen LogP contribution is 2.38. The molecule has 0 spiro atoms. The summed E-state index contributed by atoms with van der Waals surface area (Å²) in [4.78, 5) is 3.96.